The fourth-order valence-corrected chi connectivity index (χ4v) is 1.70. The van der Waals surface area contributed by atoms with Gasteiger partial charge in [0.2, 0.25) is 0 Å². The Labute approximate surface area is 83.3 Å². The molecule has 0 unspecified atom stereocenters. The normalized spacial score (nSPS) is 12.2. The predicted molar refractivity (Wildman–Crippen MR) is 59.2 cm³/mol. The largest absolute Gasteiger partial charge is 0.382 e. The molecule has 0 spiro atoms. The van der Waals surface area contributed by atoms with Crippen LogP contribution in [0.3, 0.4) is 0 Å². The van der Waals surface area contributed by atoms with Gasteiger partial charge in [0.1, 0.15) is 5.82 Å². The van der Waals surface area contributed by atoms with Crippen molar-refractivity contribution in [3.63, 3.8) is 0 Å². The summed E-state index contributed by atoms with van der Waals surface area (Å²) in [6, 6.07) is 2.00. The summed E-state index contributed by atoms with van der Waals surface area (Å²) >= 11 is 0. The third-order valence-electron chi connectivity index (χ3n) is 2.44. The summed E-state index contributed by atoms with van der Waals surface area (Å²) < 4.78 is 0. The summed E-state index contributed by atoms with van der Waals surface area (Å²) in [6.45, 7) is 6.56. The van der Waals surface area contributed by atoms with Crippen LogP contribution in [0.4, 0.5) is 5.82 Å². The van der Waals surface area contributed by atoms with Crippen molar-refractivity contribution >= 4 is 16.7 Å². The van der Waals surface area contributed by atoms with Crippen molar-refractivity contribution in [1.82, 2.24) is 9.97 Å². The van der Waals surface area contributed by atoms with E-state index in [4.69, 9.17) is 5.73 Å². The molecule has 0 aliphatic heterocycles. The van der Waals surface area contributed by atoms with Gasteiger partial charge in [-0.2, -0.15) is 0 Å². The van der Waals surface area contributed by atoms with E-state index in [1.54, 1.807) is 6.20 Å². The number of H-pyrrole nitrogens is 1. The van der Waals surface area contributed by atoms with E-state index in [0.717, 1.165) is 5.52 Å². The molecule has 0 amide bonds. The number of hydrogen-bond donors (Lipinski definition) is 2. The molecule has 3 nitrogen and oxygen atoms in total. The minimum atomic E-state index is 0.131. The first-order valence-electron chi connectivity index (χ1n) is 4.72. The first-order chi connectivity index (χ1) is 6.50. The lowest BCUT2D eigenvalue weighted by Crippen LogP contribution is -2.09. The molecule has 0 fully saturated rings. The van der Waals surface area contributed by atoms with Crippen molar-refractivity contribution in [1.29, 1.82) is 0 Å². The van der Waals surface area contributed by atoms with Crippen molar-refractivity contribution in [2.45, 2.75) is 26.2 Å². The Morgan fingerprint density at radius 2 is 2.07 bits per heavy atom. The van der Waals surface area contributed by atoms with Crippen LogP contribution in [0, 0.1) is 0 Å². The number of rotatable bonds is 0. The maximum atomic E-state index is 5.77. The van der Waals surface area contributed by atoms with Gasteiger partial charge in [0.05, 0.1) is 5.52 Å². The molecule has 3 N–H and O–H groups in total. The minimum absolute atomic E-state index is 0.131. The molecule has 2 aromatic heterocycles. The molecule has 74 valence electrons. The van der Waals surface area contributed by atoms with E-state index in [1.165, 1.54) is 10.9 Å². The van der Waals surface area contributed by atoms with Crippen molar-refractivity contribution in [3.05, 3.63) is 24.0 Å². The Hall–Kier alpha value is -1.51. The average molecular weight is 189 g/mol. The molecule has 0 aliphatic rings. The lowest BCUT2D eigenvalue weighted by Gasteiger charge is -2.17. The van der Waals surface area contributed by atoms with Crippen LogP contribution in [0.2, 0.25) is 0 Å². The topological polar surface area (TPSA) is 54.7 Å². The molecule has 0 saturated carbocycles. The summed E-state index contributed by atoms with van der Waals surface area (Å²) in [7, 11) is 0. The Morgan fingerprint density at radius 3 is 2.71 bits per heavy atom. The van der Waals surface area contributed by atoms with Gasteiger partial charge in [-0.15, -0.1) is 0 Å². The van der Waals surface area contributed by atoms with E-state index < -0.39 is 0 Å². The van der Waals surface area contributed by atoms with E-state index in [2.05, 4.69) is 30.7 Å². The quantitative estimate of drug-likeness (QED) is 0.668. The zero-order chi connectivity index (χ0) is 10.3. The minimum Gasteiger partial charge on any atom is -0.382 e. The van der Waals surface area contributed by atoms with Crippen LogP contribution < -0.4 is 5.73 Å². The van der Waals surface area contributed by atoms with Crippen LogP contribution in [-0.4, -0.2) is 9.97 Å². The summed E-state index contributed by atoms with van der Waals surface area (Å²) in [5, 5.41) is 1.17. The van der Waals surface area contributed by atoms with Crippen LogP contribution in [0.15, 0.2) is 18.5 Å². The lowest BCUT2D eigenvalue weighted by molar-refractivity contribution is 0.596. The van der Waals surface area contributed by atoms with Crippen LogP contribution in [0.25, 0.3) is 10.9 Å². The number of anilines is 1. The molecular formula is C11H15N3. The van der Waals surface area contributed by atoms with Gasteiger partial charge in [-0.1, -0.05) is 20.8 Å². The van der Waals surface area contributed by atoms with E-state index in [0.29, 0.717) is 5.82 Å². The Morgan fingerprint density at radius 1 is 1.36 bits per heavy atom. The number of aromatic amines is 1. The highest BCUT2D eigenvalue weighted by molar-refractivity contribution is 5.91. The number of aromatic nitrogens is 2. The van der Waals surface area contributed by atoms with Gasteiger partial charge < -0.3 is 10.7 Å². The highest BCUT2D eigenvalue weighted by Crippen LogP contribution is 2.30. The molecular weight excluding hydrogens is 174 g/mol. The second-order valence-electron chi connectivity index (χ2n) is 4.57. The SMILES string of the molecule is CC(C)(C)c1c[nH]c2c(N)nccc12. The number of nitrogen functional groups attached to an aromatic ring is 1. The molecule has 14 heavy (non-hydrogen) atoms. The molecule has 0 saturated heterocycles. The summed E-state index contributed by atoms with van der Waals surface area (Å²) in [6.07, 6.45) is 3.77. The Bertz CT molecular complexity index is 463. The molecule has 2 rings (SSSR count). The lowest BCUT2D eigenvalue weighted by atomic mass is 9.87. The summed E-state index contributed by atoms with van der Waals surface area (Å²) in [5.41, 5.74) is 8.12. The molecule has 0 aromatic carbocycles. The zero-order valence-corrected chi connectivity index (χ0v) is 8.76. The monoisotopic (exact) mass is 189 g/mol. The maximum Gasteiger partial charge on any atom is 0.147 e. The summed E-state index contributed by atoms with van der Waals surface area (Å²) in [5.74, 6) is 0.568. The third kappa shape index (κ3) is 1.25. The van der Waals surface area contributed by atoms with Crippen molar-refractivity contribution in [3.8, 4) is 0 Å². The van der Waals surface area contributed by atoms with Crippen LogP contribution in [0.1, 0.15) is 26.3 Å². The average Bonchev–Trinajstić information content (AvgIpc) is 2.47. The number of nitrogens with two attached hydrogens (primary N) is 1. The second kappa shape index (κ2) is 2.74. The fourth-order valence-electron chi connectivity index (χ4n) is 1.70. The van der Waals surface area contributed by atoms with Gasteiger partial charge in [-0.05, 0) is 17.0 Å². The molecule has 3 heteroatoms. The standard InChI is InChI=1S/C11H15N3/c1-11(2,3)8-6-14-9-7(8)4-5-13-10(9)12/h4-6,14H,1-3H3,(H2,12,13). The highest BCUT2D eigenvalue weighted by atomic mass is 14.9. The molecule has 2 heterocycles. The van der Waals surface area contributed by atoms with Gasteiger partial charge in [-0.25, -0.2) is 4.98 Å². The second-order valence-corrected chi connectivity index (χ2v) is 4.57. The first kappa shape index (κ1) is 9.06. The van der Waals surface area contributed by atoms with E-state index in [9.17, 15) is 0 Å². The molecule has 0 atom stereocenters. The zero-order valence-electron chi connectivity index (χ0n) is 8.76. The highest BCUT2D eigenvalue weighted by Gasteiger charge is 2.18. The molecule has 0 bridgehead atoms. The van der Waals surface area contributed by atoms with E-state index >= 15 is 0 Å². The smallest absolute Gasteiger partial charge is 0.147 e. The Balaban J connectivity index is 2.76. The number of fused-ring (bicyclic) bond motifs is 1. The van der Waals surface area contributed by atoms with Gasteiger partial charge in [-0.3, -0.25) is 0 Å². The van der Waals surface area contributed by atoms with Gasteiger partial charge >= 0.3 is 0 Å². The van der Waals surface area contributed by atoms with E-state index in [1.807, 2.05) is 12.3 Å². The fraction of sp³-hybridized carbons (Fsp3) is 0.364. The Kier molecular flexibility index (Phi) is 1.77. The van der Waals surface area contributed by atoms with Crippen molar-refractivity contribution in [2.24, 2.45) is 0 Å². The van der Waals surface area contributed by atoms with Crippen LogP contribution in [0.5, 0.6) is 0 Å². The maximum absolute atomic E-state index is 5.77. The predicted octanol–water partition coefficient (Wildman–Crippen LogP) is 2.44. The number of pyridine rings is 1. The number of nitrogens with zero attached hydrogens (tertiary/aromatic N) is 1. The van der Waals surface area contributed by atoms with Gasteiger partial charge in [0.15, 0.2) is 0 Å². The van der Waals surface area contributed by atoms with Crippen molar-refractivity contribution < 1.29 is 0 Å². The molecule has 0 aliphatic carbocycles. The van der Waals surface area contributed by atoms with E-state index in [-0.39, 0.29) is 5.41 Å². The number of nitrogens with one attached hydrogen (secondary N) is 1. The molecule has 0 radical (unpaired) electrons. The van der Waals surface area contributed by atoms with Crippen molar-refractivity contribution in [2.75, 3.05) is 5.73 Å². The third-order valence-corrected chi connectivity index (χ3v) is 2.44. The van der Waals surface area contributed by atoms with Crippen LogP contribution in [-0.2, 0) is 5.41 Å². The first-order valence-corrected chi connectivity index (χ1v) is 4.72. The number of hydrogen-bond acceptors (Lipinski definition) is 2. The molecule has 2 aromatic rings. The van der Waals surface area contributed by atoms with Gasteiger partial charge in [0.25, 0.3) is 0 Å². The van der Waals surface area contributed by atoms with Gasteiger partial charge in [0, 0.05) is 17.8 Å². The van der Waals surface area contributed by atoms with Crippen LogP contribution >= 0.6 is 0 Å². The summed E-state index contributed by atoms with van der Waals surface area (Å²) in [4.78, 5) is 7.22.